The molecule has 1 nitrogen and oxygen atoms in total. The number of hydrogen-bond acceptors (Lipinski definition) is 1. The number of benzene rings is 2. The van der Waals surface area contributed by atoms with Crippen molar-refractivity contribution in [2.75, 3.05) is 0 Å². The lowest BCUT2D eigenvalue weighted by atomic mass is 9.65. The van der Waals surface area contributed by atoms with Crippen molar-refractivity contribution in [3.63, 3.8) is 0 Å². The monoisotopic (exact) mass is 419 g/mol. The molecule has 1 N–H and O–H groups in total. The molecule has 0 aromatic heterocycles. The van der Waals surface area contributed by atoms with E-state index in [1.54, 1.807) is 0 Å². The Kier molecular flexibility index (Phi) is 7.07. The average molecular weight is 420 g/mol. The maximum absolute atomic E-state index is 4.66. The molecule has 0 fully saturated rings. The lowest BCUT2D eigenvalue weighted by Gasteiger charge is -2.41. The van der Waals surface area contributed by atoms with Crippen LogP contribution in [0.15, 0.2) is 133 Å². The van der Waals surface area contributed by atoms with Gasteiger partial charge in [-0.2, -0.15) is 0 Å². The Labute approximate surface area is 193 Å². The molecule has 0 spiro atoms. The molecule has 0 amide bonds. The largest absolute Gasteiger partial charge is 0.381 e. The van der Waals surface area contributed by atoms with Crippen molar-refractivity contribution in [3.8, 4) is 0 Å². The predicted octanol–water partition coefficient (Wildman–Crippen LogP) is 7.57. The molecular weight excluding hydrogens is 386 g/mol. The van der Waals surface area contributed by atoms with Crippen LogP contribution in [-0.4, -0.2) is 6.04 Å². The molecule has 4 rings (SSSR count). The van der Waals surface area contributed by atoms with E-state index in [2.05, 4.69) is 116 Å². The standard InChI is InChI=1S/C31H33N/c1-3-30(24-26-16-8-4-9-17-26)32-25(2)31(27-18-10-5-11-19-27,28-20-12-6-13-21-28)29-22-14-7-15-23-29/h3,5-6,8,10-14,16-23,30,32H,1-2,4,7,9,15,24H2. The molecule has 2 aliphatic rings. The Morgan fingerprint density at radius 3 is 1.94 bits per heavy atom. The number of allylic oxidation sites excluding steroid dienone is 7. The van der Waals surface area contributed by atoms with Gasteiger partial charge in [-0.05, 0) is 54.4 Å². The molecule has 0 saturated heterocycles. The highest BCUT2D eigenvalue weighted by Crippen LogP contribution is 2.45. The van der Waals surface area contributed by atoms with Crippen molar-refractivity contribution >= 4 is 0 Å². The predicted molar refractivity (Wildman–Crippen MR) is 137 cm³/mol. The molecule has 1 atom stereocenters. The minimum absolute atomic E-state index is 0.108. The fraction of sp³-hybridized carbons (Fsp3) is 0.226. The number of rotatable bonds is 9. The van der Waals surface area contributed by atoms with Crippen LogP contribution in [0.3, 0.4) is 0 Å². The fourth-order valence-corrected chi connectivity index (χ4v) is 4.89. The maximum Gasteiger partial charge on any atom is 0.0839 e. The van der Waals surface area contributed by atoms with E-state index in [1.165, 1.54) is 22.3 Å². The van der Waals surface area contributed by atoms with Gasteiger partial charge in [0.25, 0.3) is 0 Å². The Morgan fingerprint density at radius 2 is 1.44 bits per heavy atom. The van der Waals surface area contributed by atoms with Gasteiger partial charge in [0.05, 0.1) is 5.41 Å². The van der Waals surface area contributed by atoms with Crippen LogP contribution in [0.5, 0.6) is 0 Å². The first-order valence-electron chi connectivity index (χ1n) is 11.7. The molecule has 0 bridgehead atoms. The Balaban J connectivity index is 1.79. The van der Waals surface area contributed by atoms with E-state index in [4.69, 9.17) is 0 Å². The van der Waals surface area contributed by atoms with Gasteiger partial charge >= 0.3 is 0 Å². The molecule has 0 heterocycles. The zero-order chi connectivity index (χ0) is 22.2. The summed E-state index contributed by atoms with van der Waals surface area (Å²) in [5, 5.41) is 3.79. The van der Waals surface area contributed by atoms with E-state index in [1.807, 2.05) is 6.08 Å². The molecular formula is C31H33N. The van der Waals surface area contributed by atoms with Gasteiger partial charge in [-0.25, -0.2) is 0 Å². The number of hydrogen-bond donors (Lipinski definition) is 1. The van der Waals surface area contributed by atoms with Crippen molar-refractivity contribution in [3.05, 3.63) is 144 Å². The molecule has 2 aromatic rings. The highest BCUT2D eigenvalue weighted by Gasteiger charge is 2.40. The lowest BCUT2D eigenvalue weighted by molar-refractivity contribution is 0.576. The summed E-state index contributed by atoms with van der Waals surface area (Å²) in [5.41, 5.74) is 5.60. The van der Waals surface area contributed by atoms with Gasteiger partial charge in [-0.1, -0.05) is 110 Å². The fourth-order valence-electron chi connectivity index (χ4n) is 4.89. The third kappa shape index (κ3) is 4.48. The molecule has 0 saturated carbocycles. The topological polar surface area (TPSA) is 12.0 Å². The third-order valence-corrected chi connectivity index (χ3v) is 6.47. The maximum atomic E-state index is 4.66. The van der Waals surface area contributed by atoms with Crippen molar-refractivity contribution in [1.29, 1.82) is 0 Å². The summed E-state index contributed by atoms with van der Waals surface area (Å²) in [6.07, 6.45) is 21.1. The Hall–Kier alpha value is -3.32. The van der Waals surface area contributed by atoms with Gasteiger partial charge in [-0.3, -0.25) is 0 Å². The van der Waals surface area contributed by atoms with E-state index >= 15 is 0 Å². The summed E-state index contributed by atoms with van der Waals surface area (Å²) in [6, 6.07) is 21.6. The molecule has 1 heteroatoms. The molecule has 162 valence electrons. The van der Waals surface area contributed by atoms with Gasteiger partial charge in [0.1, 0.15) is 0 Å². The van der Waals surface area contributed by atoms with Crippen molar-refractivity contribution in [2.24, 2.45) is 0 Å². The quantitative estimate of drug-likeness (QED) is 0.413. The molecule has 0 aliphatic heterocycles. The van der Waals surface area contributed by atoms with Gasteiger partial charge < -0.3 is 5.32 Å². The van der Waals surface area contributed by atoms with Crippen molar-refractivity contribution < 1.29 is 0 Å². The van der Waals surface area contributed by atoms with E-state index in [0.29, 0.717) is 0 Å². The summed E-state index contributed by atoms with van der Waals surface area (Å²) in [6.45, 7) is 8.80. The van der Waals surface area contributed by atoms with Crippen LogP contribution in [0.25, 0.3) is 0 Å². The van der Waals surface area contributed by atoms with Gasteiger partial charge in [0.2, 0.25) is 0 Å². The highest BCUT2D eigenvalue weighted by molar-refractivity contribution is 5.60. The molecule has 2 aliphatic carbocycles. The zero-order valence-electron chi connectivity index (χ0n) is 18.8. The van der Waals surface area contributed by atoms with E-state index in [-0.39, 0.29) is 6.04 Å². The minimum atomic E-state index is -0.475. The summed E-state index contributed by atoms with van der Waals surface area (Å²) < 4.78 is 0. The lowest BCUT2D eigenvalue weighted by Crippen LogP contribution is -2.41. The van der Waals surface area contributed by atoms with Crippen LogP contribution in [-0.2, 0) is 5.41 Å². The summed E-state index contributed by atoms with van der Waals surface area (Å²) in [4.78, 5) is 0. The molecule has 1 unspecified atom stereocenters. The first-order valence-corrected chi connectivity index (χ1v) is 11.7. The first kappa shape index (κ1) is 21.9. The molecule has 0 radical (unpaired) electrons. The first-order chi connectivity index (χ1) is 15.7. The highest BCUT2D eigenvalue weighted by atomic mass is 14.9. The van der Waals surface area contributed by atoms with E-state index in [9.17, 15) is 0 Å². The van der Waals surface area contributed by atoms with E-state index < -0.39 is 5.41 Å². The minimum Gasteiger partial charge on any atom is -0.381 e. The van der Waals surface area contributed by atoms with Gasteiger partial charge in [-0.15, -0.1) is 6.58 Å². The van der Waals surface area contributed by atoms with Crippen LogP contribution < -0.4 is 5.32 Å². The van der Waals surface area contributed by atoms with Crippen LogP contribution in [0.1, 0.15) is 43.2 Å². The normalized spacial score (nSPS) is 16.6. The van der Waals surface area contributed by atoms with Crippen LogP contribution >= 0.6 is 0 Å². The zero-order valence-corrected chi connectivity index (χ0v) is 18.8. The Morgan fingerprint density at radius 1 is 0.844 bits per heavy atom. The Bertz CT molecular complexity index is 1010. The SMILES string of the molecule is C=CC(CC1=CCCC=C1)NC(=C)C(C1=CCCC=C1)(c1ccccc1)c1ccccc1. The van der Waals surface area contributed by atoms with E-state index in [0.717, 1.165) is 37.8 Å². The smallest absolute Gasteiger partial charge is 0.0839 e. The average Bonchev–Trinajstić information content (AvgIpc) is 2.87. The van der Waals surface area contributed by atoms with Crippen molar-refractivity contribution in [2.45, 2.75) is 43.6 Å². The second-order valence-corrected chi connectivity index (χ2v) is 8.55. The summed E-state index contributed by atoms with van der Waals surface area (Å²) in [5.74, 6) is 0. The van der Waals surface area contributed by atoms with Crippen LogP contribution in [0, 0.1) is 0 Å². The number of nitrogens with one attached hydrogen (secondary N) is 1. The van der Waals surface area contributed by atoms with Gasteiger partial charge in [0.15, 0.2) is 0 Å². The summed E-state index contributed by atoms with van der Waals surface area (Å²) in [7, 11) is 0. The van der Waals surface area contributed by atoms with Crippen LogP contribution in [0.2, 0.25) is 0 Å². The van der Waals surface area contributed by atoms with Crippen LogP contribution in [0.4, 0.5) is 0 Å². The van der Waals surface area contributed by atoms with Gasteiger partial charge in [0, 0.05) is 11.7 Å². The second kappa shape index (κ2) is 10.3. The molecule has 2 aromatic carbocycles. The third-order valence-electron chi connectivity index (χ3n) is 6.47. The second-order valence-electron chi connectivity index (χ2n) is 8.55. The summed E-state index contributed by atoms with van der Waals surface area (Å²) >= 11 is 0. The molecule has 32 heavy (non-hydrogen) atoms. The van der Waals surface area contributed by atoms with Crippen molar-refractivity contribution in [1.82, 2.24) is 5.32 Å².